The largest absolute Gasteiger partial charge is 0.497 e. The standard InChI is InChI=1S/C35H30N2O6/c1-42-27-15-11-23(12-16-27)31(38)21-36-29-9-5-3-7-25(29)19-35(33(36)40)20-26-8-4-6-10-30(26)37(34(35)41)22-32(39)24-13-17-28(43-2)18-14-24/h3-18H,19-22H2,1-2H3. The molecule has 0 bridgehead atoms. The lowest BCUT2D eigenvalue weighted by Gasteiger charge is -2.46. The van der Waals surface area contributed by atoms with Gasteiger partial charge in [0.05, 0.1) is 27.3 Å². The number of methoxy groups -OCH3 is 2. The number of amides is 2. The summed E-state index contributed by atoms with van der Waals surface area (Å²) >= 11 is 0. The molecule has 2 aliphatic heterocycles. The highest BCUT2D eigenvalue weighted by Gasteiger charge is 2.56. The number of carbonyl (C=O) groups excluding carboxylic acids is 4. The van der Waals surface area contributed by atoms with E-state index in [4.69, 9.17) is 9.47 Å². The van der Waals surface area contributed by atoms with Gasteiger partial charge in [-0.2, -0.15) is 0 Å². The highest BCUT2D eigenvalue weighted by molar-refractivity contribution is 6.22. The molecule has 4 aromatic carbocycles. The van der Waals surface area contributed by atoms with Crippen LogP contribution in [-0.2, 0) is 22.4 Å². The van der Waals surface area contributed by atoms with E-state index in [0.29, 0.717) is 34.0 Å². The zero-order valence-corrected chi connectivity index (χ0v) is 23.9. The smallest absolute Gasteiger partial charge is 0.243 e. The maximum atomic E-state index is 14.5. The quantitative estimate of drug-likeness (QED) is 0.219. The van der Waals surface area contributed by atoms with Crippen molar-refractivity contribution in [2.75, 3.05) is 37.1 Å². The van der Waals surface area contributed by atoms with Crippen LogP contribution in [0.3, 0.4) is 0 Å². The number of Topliss-reactive ketones (excluding diaryl/α,β-unsaturated/α-hetero) is 2. The molecular weight excluding hydrogens is 544 g/mol. The van der Waals surface area contributed by atoms with Crippen LogP contribution in [0.25, 0.3) is 0 Å². The van der Waals surface area contributed by atoms with Gasteiger partial charge in [0.2, 0.25) is 11.8 Å². The molecule has 0 aromatic heterocycles. The number of hydrogen-bond acceptors (Lipinski definition) is 6. The number of nitrogens with zero attached hydrogens (tertiary/aromatic N) is 2. The Morgan fingerprint density at radius 2 is 0.977 bits per heavy atom. The molecule has 43 heavy (non-hydrogen) atoms. The molecule has 0 unspecified atom stereocenters. The Labute approximate surface area is 249 Å². The second-order valence-electron chi connectivity index (χ2n) is 10.8. The van der Waals surface area contributed by atoms with E-state index in [1.54, 1.807) is 74.9 Å². The molecule has 6 rings (SSSR count). The fourth-order valence-electron chi connectivity index (χ4n) is 6.03. The van der Waals surface area contributed by atoms with Crippen LogP contribution in [0.5, 0.6) is 11.5 Å². The summed E-state index contributed by atoms with van der Waals surface area (Å²) < 4.78 is 10.4. The minimum Gasteiger partial charge on any atom is -0.497 e. The van der Waals surface area contributed by atoms with E-state index in [0.717, 1.165) is 11.1 Å². The molecule has 1 spiro atoms. The number of ether oxygens (including phenoxy) is 2. The zero-order chi connectivity index (χ0) is 30.1. The van der Waals surface area contributed by atoms with Gasteiger partial charge >= 0.3 is 0 Å². The van der Waals surface area contributed by atoms with Gasteiger partial charge in [-0.3, -0.25) is 19.2 Å². The summed E-state index contributed by atoms with van der Waals surface area (Å²) in [6.45, 7) is -0.465. The second-order valence-corrected chi connectivity index (χ2v) is 10.8. The van der Waals surface area contributed by atoms with Crippen molar-refractivity contribution in [2.24, 2.45) is 5.41 Å². The number of hydrogen-bond donors (Lipinski definition) is 0. The molecule has 2 amide bonds. The van der Waals surface area contributed by atoms with Gasteiger partial charge in [-0.1, -0.05) is 36.4 Å². The predicted octanol–water partition coefficient (Wildman–Crippen LogP) is 4.93. The topological polar surface area (TPSA) is 93.2 Å². The maximum Gasteiger partial charge on any atom is 0.243 e. The minimum absolute atomic E-state index is 0.162. The lowest BCUT2D eigenvalue weighted by Crippen LogP contribution is -2.62. The second kappa shape index (κ2) is 11.2. The molecule has 2 heterocycles. The van der Waals surface area contributed by atoms with Crippen LogP contribution in [0, 0.1) is 5.41 Å². The Hall–Kier alpha value is -5.24. The number of fused-ring (bicyclic) bond motifs is 2. The van der Waals surface area contributed by atoms with Crippen molar-refractivity contribution in [3.8, 4) is 11.5 Å². The van der Waals surface area contributed by atoms with Gasteiger partial charge in [0.25, 0.3) is 0 Å². The normalized spacial score (nSPS) is 15.1. The van der Waals surface area contributed by atoms with Crippen molar-refractivity contribution in [1.29, 1.82) is 0 Å². The van der Waals surface area contributed by atoms with Crippen LogP contribution >= 0.6 is 0 Å². The number of anilines is 2. The van der Waals surface area contributed by atoms with Gasteiger partial charge in [-0.05, 0) is 84.6 Å². The average Bonchev–Trinajstić information content (AvgIpc) is 3.05. The summed E-state index contributed by atoms with van der Waals surface area (Å²) in [5.41, 5.74) is 2.14. The highest BCUT2D eigenvalue weighted by atomic mass is 16.5. The molecule has 0 fully saturated rings. The first kappa shape index (κ1) is 27.9. The third-order valence-corrected chi connectivity index (χ3v) is 8.29. The molecule has 2 aliphatic rings. The molecule has 0 saturated carbocycles. The molecular formula is C35H30N2O6. The molecule has 216 valence electrons. The molecule has 0 saturated heterocycles. The van der Waals surface area contributed by atoms with Crippen molar-refractivity contribution >= 4 is 34.8 Å². The van der Waals surface area contributed by atoms with E-state index in [1.807, 2.05) is 36.4 Å². The van der Waals surface area contributed by atoms with Crippen LogP contribution in [0.1, 0.15) is 31.8 Å². The van der Waals surface area contributed by atoms with Crippen molar-refractivity contribution in [3.05, 3.63) is 119 Å². The van der Waals surface area contributed by atoms with Gasteiger partial charge < -0.3 is 19.3 Å². The van der Waals surface area contributed by atoms with Gasteiger partial charge in [0.1, 0.15) is 16.9 Å². The Balaban J connectivity index is 1.37. The third kappa shape index (κ3) is 4.95. The lowest BCUT2D eigenvalue weighted by atomic mass is 9.69. The number of carbonyl (C=O) groups is 4. The molecule has 0 N–H and O–H groups in total. The van der Waals surface area contributed by atoms with Crippen LogP contribution in [0.2, 0.25) is 0 Å². The first-order chi connectivity index (χ1) is 20.8. The van der Waals surface area contributed by atoms with Crippen LogP contribution < -0.4 is 19.3 Å². The van der Waals surface area contributed by atoms with E-state index in [9.17, 15) is 19.2 Å². The van der Waals surface area contributed by atoms with Crippen molar-refractivity contribution < 1.29 is 28.7 Å². The Bertz CT molecular complexity index is 1600. The number of benzene rings is 4. The maximum absolute atomic E-state index is 14.5. The molecule has 0 atom stereocenters. The van der Waals surface area contributed by atoms with Crippen molar-refractivity contribution in [1.82, 2.24) is 0 Å². The SMILES string of the molecule is COc1ccc(C(=O)CN2C(=O)C3(Cc4ccccc42)Cc2ccccc2N(CC(=O)c2ccc(OC)cc2)C3=O)cc1. The zero-order valence-electron chi connectivity index (χ0n) is 23.9. The van der Waals surface area contributed by atoms with Crippen LogP contribution in [0.15, 0.2) is 97.1 Å². The number of ketones is 2. The first-order valence-electron chi connectivity index (χ1n) is 14.0. The van der Waals surface area contributed by atoms with Gasteiger partial charge in [0, 0.05) is 22.5 Å². The van der Waals surface area contributed by atoms with Crippen LogP contribution in [0.4, 0.5) is 11.4 Å². The van der Waals surface area contributed by atoms with Crippen molar-refractivity contribution in [3.63, 3.8) is 0 Å². The fourth-order valence-corrected chi connectivity index (χ4v) is 6.03. The minimum atomic E-state index is -1.51. The molecule has 0 radical (unpaired) electrons. The average molecular weight is 575 g/mol. The van der Waals surface area contributed by atoms with Gasteiger partial charge in [-0.25, -0.2) is 0 Å². The molecule has 8 nitrogen and oxygen atoms in total. The first-order valence-corrected chi connectivity index (χ1v) is 14.0. The van der Waals surface area contributed by atoms with E-state index in [1.165, 1.54) is 9.80 Å². The summed E-state index contributed by atoms with van der Waals surface area (Å²) in [6.07, 6.45) is 0.325. The summed E-state index contributed by atoms with van der Waals surface area (Å²) in [4.78, 5) is 58.8. The summed E-state index contributed by atoms with van der Waals surface area (Å²) in [7, 11) is 3.10. The fraction of sp³-hybridized carbons (Fsp3) is 0.200. The molecule has 8 heteroatoms. The van der Waals surface area contributed by atoms with Gasteiger partial charge in [0.15, 0.2) is 11.6 Å². The predicted molar refractivity (Wildman–Crippen MR) is 162 cm³/mol. The lowest BCUT2D eigenvalue weighted by molar-refractivity contribution is -0.141. The highest BCUT2D eigenvalue weighted by Crippen LogP contribution is 2.46. The van der Waals surface area contributed by atoms with Crippen LogP contribution in [-0.4, -0.2) is 50.7 Å². The van der Waals surface area contributed by atoms with E-state index in [-0.39, 0.29) is 37.5 Å². The Morgan fingerprint density at radius 3 is 1.35 bits per heavy atom. The molecule has 4 aromatic rings. The Morgan fingerprint density at radius 1 is 0.605 bits per heavy atom. The van der Waals surface area contributed by atoms with E-state index in [2.05, 4.69) is 0 Å². The number of para-hydroxylation sites is 2. The number of rotatable bonds is 8. The van der Waals surface area contributed by atoms with E-state index >= 15 is 0 Å². The molecule has 0 aliphatic carbocycles. The van der Waals surface area contributed by atoms with Crippen molar-refractivity contribution in [2.45, 2.75) is 12.8 Å². The monoisotopic (exact) mass is 574 g/mol. The summed E-state index contributed by atoms with van der Waals surface area (Å²) in [6, 6.07) is 28.1. The summed E-state index contributed by atoms with van der Waals surface area (Å²) in [5, 5.41) is 0. The van der Waals surface area contributed by atoms with Gasteiger partial charge in [-0.15, -0.1) is 0 Å². The Kier molecular flexibility index (Phi) is 7.27. The third-order valence-electron chi connectivity index (χ3n) is 8.29. The summed E-state index contributed by atoms with van der Waals surface area (Å²) in [5.74, 6) is -0.198. The van der Waals surface area contributed by atoms with E-state index < -0.39 is 17.2 Å².